The first-order valence-corrected chi connectivity index (χ1v) is 6.87. The molecule has 1 fully saturated rings. The Kier molecular flexibility index (Phi) is 3.48. The van der Waals surface area contributed by atoms with Gasteiger partial charge in [0, 0.05) is 38.0 Å². The van der Waals surface area contributed by atoms with E-state index < -0.39 is 0 Å². The minimum atomic E-state index is 0.514. The van der Waals surface area contributed by atoms with Gasteiger partial charge >= 0.3 is 0 Å². The SMILES string of the molecule is CC1Cc2cnc(NC3CCOCC3)cc2CN1. The van der Waals surface area contributed by atoms with Crippen LogP contribution in [0, 0.1) is 0 Å². The van der Waals surface area contributed by atoms with Crippen LogP contribution >= 0.6 is 0 Å². The molecule has 1 aromatic heterocycles. The summed E-state index contributed by atoms with van der Waals surface area (Å²) in [5.74, 6) is 1.01. The van der Waals surface area contributed by atoms with Crippen molar-refractivity contribution in [2.45, 2.75) is 44.8 Å². The van der Waals surface area contributed by atoms with E-state index in [4.69, 9.17) is 4.74 Å². The van der Waals surface area contributed by atoms with Gasteiger partial charge in [0.25, 0.3) is 0 Å². The average Bonchev–Trinajstić information content (AvgIpc) is 2.40. The molecule has 4 nitrogen and oxygen atoms in total. The molecule has 0 saturated carbocycles. The standard InChI is InChI=1S/C14H21N3O/c1-10-6-11-9-16-14(7-12(11)8-15-10)17-13-2-4-18-5-3-13/h7,9-10,13,15H,2-6,8H2,1H3,(H,16,17). The molecule has 2 aliphatic rings. The highest BCUT2D eigenvalue weighted by atomic mass is 16.5. The minimum absolute atomic E-state index is 0.514. The summed E-state index contributed by atoms with van der Waals surface area (Å²) in [5.41, 5.74) is 2.77. The molecule has 0 bridgehead atoms. The number of hydrogen-bond donors (Lipinski definition) is 2. The van der Waals surface area contributed by atoms with Gasteiger partial charge in [-0.05, 0) is 43.4 Å². The van der Waals surface area contributed by atoms with Crippen LogP contribution in [0.1, 0.15) is 30.9 Å². The topological polar surface area (TPSA) is 46.2 Å². The average molecular weight is 247 g/mol. The zero-order valence-corrected chi connectivity index (χ0v) is 10.9. The zero-order chi connectivity index (χ0) is 12.4. The number of rotatable bonds is 2. The van der Waals surface area contributed by atoms with Gasteiger partial charge in [0.2, 0.25) is 0 Å². The van der Waals surface area contributed by atoms with Gasteiger partial charge in [-0.3, -0.25) is 0 Å². The first kappa shape index (κ1) is 11.9. The summed E-state index contributed by atoms with van der Waals surface area (Å²) in [6, 6.07) is 3.28. The molecular weight excluding hydrogens is 226 g/mol. The molecule has 2 N–H and O–H groups in total. The number of fused-ring (bicyclic) bond motifs is 1. The Morgan fingerprint density at radius 1 is 1.33 bits per heavy atom. The van der Waals surface area contributed by atoms with Crippen LogP contribution in [-0.2, 0) is 17.7 Å². The maximum Gasteiger partial charge on any atom is 0.126 e. The van der Waals surface area contributed by atoms with Crippen LogP contribution in [0.2, 0.25) is 0 Å². The van der Waals surface area contributed by atoms with E-state index in [1.54, 1.807) is 0 Å². The van der Waals surface area contributed by atoms with Crippen LogP contribution < -0.4 is 10.6 Å². The molecular formula is C14H21N3O. The molecule has 1 aromatic rings. The second-order valence-corrected chi connectivity index (χ2v) is 5.36. The number of hydrogen-bond acceptors (Lipinski definition) is 4. The Hall–Kier alpha value is -1.13. The fraction of sp³-hybridized carbons (Fsp3) is 0.643. The smallest absolute Gasteiger partial charge is 0.126 e. The normalized spacial score (nSPS) is 24.6. The van der Waals surface area contributed by atoms with Crippen molar-refractivity contribution in [3.8, 4) is 0 Å². The molecule has 0 aliphatic carbocycles. The number of pyridine rings is 1. The third-order valence-electron chi connectivity index (χ3n) is 3.82. The van der Waals surface area contributed by atoms with Crippen LogP contribution in [-0.4, -0.2) is 30.3 Å². The molecule has 3 rings (SSSR count). The van der Waals surface area contributed by atoms with E-state index in [0.29, 0.717) is 12.1 Å². The van der Waals surface area contributed by atoms with Gasteiger partial charge in [0.15, 0.2) is 0 Å². The van der Waals surface area contributed by atoms with Gasteiger partial charge in [-0.2, -0.15) is 0 Å². The summed E-state index contributed by atoms with van der Waals surface area (Å²) >= 11 is 0. The Labute approximate surface area is 108 Å². The van der Waals surface area contributed by atoms with Crippen molar-refractivity contribution >= 4 is 5.82 Å². The lowest BCUT2D eigenvalue weighted by atomic mass is 9.98. The molecule has 3 heterocycles. The highest BCUT2D eigenvalue weighted by molar-refractivity contribution is 5.43. The molecule has 98 valence electrons. The lowest BCUT2D eigenvalue weighted by Crippen LogP contribution is -2.33. The number of aromatic nitrogens is 1. The van der Waals surface area contributed by atoms with E-state index in [0.717, 1.165) is 44.8 Å². The fourth-order valence-electron chi connectivity index (χ4n) is 2.69. The van der Waals surface area contributed by atoms with Crippen LogP contribution in [0.15, 0.2) is 12.3 Å². The molecule has 2 aliphatic heterocycles. The highest BCUT2D eigenvalue weighted by Gasteiger charge is 2.17. The number of ether oxygens (including phenoxy) is 1. The van der Waals surface area contributed by atoms with Gasteiger partial charge < -0.3 is 15.4 Å². The first-order valence-electron chi connectivity index (χ1n) is 6.87. The van der Waals surface area contributed by atoms with E-state index >= 15 is 0 Å². The largest absolute Gasteiger partial charge is 0.381 e. The molecule has 1 saturated heterocycles. The Balaban J connectivity index is 1.69. The molecule has 18 heavy (non-hydrogen) atoms. The van der Waals surface area contributed by atoms with Crippen LogP contribution in [0.3, 0.4) is 0 Å². The third-order valence-corrected chi connectivity index (χ3v) is 3.82. The predicted octanol–water partition coefficient (Wildman–Crippen LogP) is 1.71. The maximum atomic E-state index is 5.37. The third kappa shape index (κ3) is 2.65. The second-order valence-electron chi connectivity index (χ2n) is 5.36. The molecule has 0 aromatic carbocycles. The Morgan fingerprint density at radius 3 is 3.00 bits per heavy atom. The van der Waals surface area contributed by atoms with Crippen molar-refractivity contribution in [1.82, 2.24) is 10.3 Å². The second kappa shape index (κ2) is 5.24. The summed E-state index contributed by atoms with van der Waals surface area (Å²) in [7, 11) is 0. The predicted molar refractivity (Wildman–Crippen MR) is 71.7 cm³/mol. The molecule has 1 unspecified atom stereocenters. The molecule has 4 heteroatoms. The molecule has 0 spiro atoms. The van der Waals surface area contributed by atoms with Crippen molar-refractivity contribution in [1.29, 1.82) is 0 Å². The van der Waals surface area contributed by atoms with Crippen molar-refractivity contribution in [2.75, 3.05) is 18.5 Å². The summed E-state index contributed by atoms with van der Waals surface area (Å²) < 4.78 is 5.37. The van der Waals surface area contributed by atoms with Crippen molar-refractivity contribution in [3.05, 3.63) is 23.4 Å². The van der Waals surface area contributed by atoms with Crippen molar-refractivity contribution in [3.63, 3.8) is 0 Å². The van der Waals surface area contributed by atoms with Crippen LogP contribution in [0.25, 0.3) is 0 Å². The number of anilines is 1. The first-order chi connectivity index (χ1) is 8.81. The summed E-state index contributed by atoms with van der Waals surface area (Å²) in [6.45, 7) is 4.90. The van der Waals surface area contributed by atoms with Crippen molar-refractivity contribution in [2.24, 2.45) is 0 Å². The van der Waals surface area contributed by atoms with Gasteiger partial charge in [-0.25, -0.2) is 4.98 Å². The lowest BCUT2D eigenvalue weighted by Gasteiger charge is -2.26. The van der Waals surface area contributed by atoms with E-state index in [2.05, 4.69) is 28.6 Å². The number of nitrogens with one attached hydrogen (secondary N) is 2. The van der Waals surface area contributed by atoms with Crippen molar-refractivity contribution < 1.29 is 4.74 Å². The Bertz CT molecular complexity index is 416. The summed E-state index contributed by atoms with van der Waals surface area (Å²) in [4.78, 5) is 4.54. The number of nitrogens with zero attached hydrogens (tertiary/aromatic N) is 1. The summed E-state index contributed by atoms with van der Waals surface area (Å²) in [6.07, 6.45) is 5.27. The van der Waals surface area contributed by atoms with E-state index in [-0.39, 0.29) is 0 Å². The van der Waals surface area contributed by atoms with Crippen LogP contribution in [0.4, 0.5) is 5.82 Å². The quantitative estimate of drug-likeness (QED) is 0.835. The Morgan fingerprint density at radius 2 is 2.17 bits per heavy atom. The minimum Gasteiger partial charge on any atom is -0.381 e. The van der Waals surface area contributed by atoms with Gasteiger partial charge in [0.1, 0.15) is 5.82 Å². The molecule has 1 atom stereocenters. The van der Waals surface area contributed by atoms with Gasteiger partial charge in [-0.15, -0.1) is 0 Å². The van der Waals surface area contributed by atoms with E-state index in [1.165, 1.54) is 11.1 Å². The highest BCUT2D eigenvalue weighted by Crippen LogP contribution is 2.20. The van der Waals surface area contributed by atoms with Gasteiger partial charge in [0.05, 0.1) is 0 Å². The molecule has 0 radical (unpaired) electrons. The lowest BCUT2D eigenvalue weighted by molar-refractivity contribution is 0.0904. The summed E-state index contributed by atoms with van der Waals surface area (Å²) in [5, 5.41) is 7.02. The fourth-order valence-corrected chi connectivity index (χ4v) is 2.69. The zero-order valence-electron chi connectivity index (χ0n) is 10.9. The molecule has 0 amide bonds. The maximum absolute atomic E-state index is 5.37. The monoisotopic (exact) mass is 247 g/mol. The van der Waals surface area contributed by atoms with Crippen LogP contribution in [0.5, 0.6) is 0 Å². The van der Waals surface area contributed by atoms with Gasteiger partial charge in [-0.1, -0.05) is 0 Å². The van der Waals surface area contributed by atoms with E-state index in [9.17, 15) is 0 Å². The van der Waals surface area contributed by atoms with E-state index in [1.807, 2.05) is 6.20 Å².